The van der Waals surface area contributed by atoms with Crippen LogP contribution in [0.2, 0.25) is 0 Å². The van der Waals surface area contributed by atoms with E-state index in [1.165, 1.54) is 17.4 Å². The number of sulfonamides is 1. The fourth-order valence-corrected chi connectivity index (χ4v) is 3.94. The number of aliphatic hydroxyl groups is 1. The van der Waals surface area contributed by atoms with E-state index in [0.717, 1.165) is 18.4 Å². The molecular weight excluding hydrogens is 276 g/mol. The van der Waals surface area contributed by atoms with Crippen molar-refractivity contribution in [3.05, 3.63) is 23.8 Å². The molecule has 1 fully saturated rings. The number of likely N-dealkylation sites (N-methyl/N-ethyl adjacent to an activating group) is 1. The van der Waals surface area contributed by atoms with Gasteiger partial charge in [-0.05, 0) is 37.5 Å². The molecule has 5 nitrogen and oxygen atoms in total. The Balaban J connectivity index is 2.22. The summed E-state index contributed by atoms with van der Waals surface area (Å²) in [6.45, 7) is 1.96. The average Bonchev–Trinajstić information content (AvgIpc) is 2.79. The molecule has 1 aliphatic carbocycles. The average molecular weight is 298 g/mol. The maximum atomic E-state index is 12.5. The van der Waals surface area contributed by atoms with Crippen molar-refractivity contribution in [3.63, 3.8) is 0 Å². The number of benzene rings is 1. The molecule has 0 aromatic heterocycles. The quantitative estimate of drug-likeness (QED) is 0.825. The minimum Gasteiger partial charge on any atom is -0.398 e. The van der Waals surface area contributed by atoms with Gasteiger partial charge < -0.3 is 10.8 Å². The molecular formula is C14H22N2O3S. The maximum absolute atomic E-state index is 12.5. The Labute approximate surface area is 120 Å². The van der Waals surface area contributed by atoms with Crippen molar-refractivity contribution in [2.75, 3.05) is 19.3 Å². The predicted molar refractivity (Wildman–Crippen MR) is 78.8 cm³/mol. The van der Waals surface area contributed by atoms with Crippen molar-refractivity contribution in [1.82, 2.24) is 4.31 Å². The summed E-state index contributed by atoms with van der Waals surface area (Å²) in [6.07, 6.45) is 3.20. The molecule has 2 rings (SSSR count). The zero-order valence-electron chi connectivity index (χ0n) is 12.0. The molecule has 1 saturated carbocycles. The number of hydrogen-bond acceptors (Lipinski definition) is 4. The van der Waals surface area contributed by atoms with Crippen LogP contribution in [0.15, 0.2) is 23.1 Å². The highest BCUT2D eigenvalue weighted by Gasteiger charge is 2.35. The van der Waals surface area contributed by atoms with Gasteiger partial charge in [-0.2, -0.15) is 4.31 Å². The predicted octanol–water partition coefficient (Wildman–Crippen LogP) is 1.50. The lowest BCUT2D eigenvalue weighted by atomic mass is 10.0. The fraction of sp³-hybridized carbons (Fsp3) is 0.571. The normalized spacial score (nSPS) is 18.6. The number of aryl methyl sites for hydroxylation is 1. The minimum absolute atomic E-state index is 0.128. The summed E-state index contributed by atoms with van der Waals surface area (Å²) in [7, 11) is -2.11. The van der Waals surface area contributed by atoms with Gasteiger partial charge in [0, 0.05) is 19.3 Å². The van der Waals surface area contributed by atoms with E-state index in [9.17, 15) is 13.5 Å². The first-order valence-corrected chi connectivity index (χ1v) is 8.23. The molecule has 1 aliphatic rings. The van der Waals surface area contributed by atoms with E-state index in [2.05, 4.69) is 0 Å². The molecule has 0 atom stereocenters. The molecule has 0 amide bonds. The number of rotatable bonds is 4. The van der Waals surface area contributed by atoms with E-state index in [1.54, 1.807) is 12.1 Å². The smallest absolute Gasteiger partial charge is 0.242 e. The van der Waals surface area contributed by atoms with E-state index in [-0.39, 0.29) is 11.4 Å². The van der Waals surface area contributed by atoms with Crippen molar-refractivity contribution >= 4 is 15.7 Å². The van der Waals surface area contributed by atoms with Gasteiger partial charge in [0.15, 0.2) is 0 Å². The molecule has 0 heterocycles. The van der Waals surface area contributed by atoms with Crippen molar-refractivity contribution in [2.24, 2.45) is 0 Å². The third-order valence-electron chi connectivity index (χ3n) is 4.01. The maximum Gasteiger partial charge on any atom is 0.242 e. The van der Waals surface area contributed by atoms with Gasteiger partial charge >= 0.3 is 0 Å². The van der Waals surface area contributed by atoms with Crippen molar-refractivity contribution < 1.29 is 13.5 Å². The lowest BCUT2D eigenvalue weighted by molar-refractivity contribution is 0.0333. The lowest BCUT2D eigenvalue weighted by Crippen LogP contribution is -2.41. The summed E-state index contributed by atoms with van der Waals surface area (Å²) in [5, 5.41) is 10.3. The summed E-state index contributed by atoms with van der Waals surface area (Å²) in [5.41, 5.74) is 6.19. The van der Waals surface area contributed by atoms with Crippen LogP contribution in [-0.2, 0) is 10.0 Å². The Morgan fingerprint density at radius 3 is 2.50 bits per heavy atom. The zero-order chi connectivity index (χ0) is 15.0. The third kappa shape index (κ3) is 2.97. The minimum atomic E-state index is -3.61. The van der Waals surface area contributed by atoms with E-state index >= 15 is 0 Å². The second kappa shape index (κ2) is 5.35. The van der Waals surface area contributed by atoms with E-state index in [4.69, 9.17) is 5.73 Å². The molecule has 0 saturated heterocycles. The monoisotopic (exact) mass is 298 g/mol. The van der Waals surface area contributed by atoms with Crippen LogP contribution in [0.1, 0.15) is 31.2 Å². The van der Waals surface area contributed by atoms with Crippen LogP contribution in [0.5, 0.6) is 0 Å². The van der Waals surface area contributed by atoms with E-state index in [1.807, 2.05) is 6.92 Å². The Morgan fingerprint density at radius 2 is 1.95 bits per heavy atom. The van der Waals surface area contributed by atoms with Crippen LogP contribution < -0.4 is 5.73 Å². The Hall–Kier alpha value is -1.11. The Kier molecular flexibility index (Phi) is 4.09. The molecule has 1 aromatic carbocycles. The van der Waals surface area contributed by atoms with Gasteiger partial charge in [0.1, 0.15) is 0 Å². The van der Waals surface area contributed by atoms with Crippen molar-refractivity contribution in [1.29, 1.82) is 0 Å². The van der Waals surface area contributed by atoms with Crippen LogP contribution in [0.3, 0.4) is 0 Å². The summed E-state index contributed by atoms with van der Waals surface area (Å²) in [5.74, 6) is 0. The molecule has 0 unspecified atom stereocenters. The number of nitrogens with zero attached hydrogens (tertiary/aromatic N) is 1. The number of nitrogen functional groups attached to an aromatic ring is 1. The largest absolute Gasteiger partial charge is 0.398 e. The van der Waals surface area contributed by atoms with Gasteiger partial charge in [0.25, 0.3) is 0 Å². The lowest BCUT2D eigenvalue weighted by Gasteiger charge is -2.28. The van der Waals surface area contributed by atoms with Gasteiger partial charge in [-0.3, -0.25) is 0 Å². The van der Waals surface area contributed by atoms with Crippen molar-refractivity contribution in [3.8, 4) is 0 Å². The summed E-state index contributed by atoms with van der Waals surface area (Å²) >= 11 is 0. The highest BCUT2D eigenvalue weighted by Crippen LogP contribution is 2.31. The summed E-state index contributed by atoms with van der Waals surface area (Å²) < 4.78 is 26.2. The molecule has 3 N–H and O–H groups in total. The van der Waals surface area contributed by atoms with Gasteiger partial charge in [-0.1, -0.05) is 18.9 Å². The number of anilines is 1. The first kappa shape index (κ1) is 15.3. The molecule has 0 radical (unpaired) electrons. The molecule has 0 bridgehead atoms. The van der Waals surface area contributed by atoms with E-state index < -0.39 is 15.6 Å². The Morgan fingerprint density at radius 1 is 1.35 bits per heavy atom. The second-order valence-electron chi connectivity index (χ2n) is 5.71. The highest BCUT2D eigenvalue weighted by atomic mass is 32.2. The summed E-state index contributed by atoms with van der Waals surface area (Å²) in [6, 6.07) is 4.72. The first-order valence-electron chi connectivity index (χ1n) is 6.79. The Bertz CT molecular complexity index is 592. The number of hydrogen-bond donors (Lipinski definition) is 2. The van der Waals surface area contributed by atoms with Gasteiger partial charge in [0.05, 0.1) is 10.5 Å². The van der Waals surface area contributed by atoms with Crippen LogP contribution >= 0.6 is 0 Å². The standard InChI is InChI=1S/C14H22N2O3S/c1-11-5-6-12(9-13(11)15)20(18,19)16(2)10-14(17)7-3-4-8-14/h5-6,9,17H,3-4,7-8,10,15H2,1-2H3. The SMILES string of the molecule is Cc1ccc(S(=O)(=O)N(C)CC2(O)CCCC2)cc1N. The molecule has 112 valence electrons. The topological polar surface area (TPSA) is 83.6 Å². The fourth-order valence-electron chi connectivity index (χ4n) is 2.65. The summed E-state index contributed by atoms with van der Waals surface area (Å²) in [4.78, 5) is 0.171. The van der Waals surface area contributed by atoms with Gasteiger partial charge in [0.2, 0.25) is 10.0 Å². The zero-order valence-corrected chi connectivity index (χ0v) is 12.8. The highest BCUT2D eigenvalue weighted by molar-refractivity contribution is 7.89. The molecule has 0 spiro atoms. The van der Waals surface area contributed by atoms with Crippen LogP contribution in [0, 0.1) is 6.92 Å². The van der Waals surface area contributed by atoms with Crippen LogP contribution in [0.4, 0.5) is 5.69 Å². The molecule has 6 heteroatoms. The van der Waals surface area contributed by atoms with Crippen LogP contribution in [0.25, 0.3) is 0 Å². The molecule has 20 heavy (non-hydrogen) atoms. The number of nitrogens with two attached hydrogens (primary N) is 1. The molecule has 1 aromatic rings. The third-order valence-corrected chi connectivity index (χ3v) is 5.81. The second-order valence-corrected chi connectivity index (χ2v) is 7.76. The molecule has 0 aliphatic heterocycles. The van der Waals surface area contributed by atoms with Gasteiger partial charge in [-0.25, -0.2) is 8.42 Å². The van der Waals surface area contributed by atoms with Gasteiger partial charge in [-0.15, -0.1) is 0 Å². The van der Waals surface area contributed by atoms with Crippen LogP contribution in [-0.4, -0.2) is 37.0 Å². The van der Waals surface area contributed by atoms with Crippen molar-refractivity contribution in [2.45, 2.75) is 43.1 Å². The first-order chi connectivity index (χ1) is 9.24. The van der Waals surface area contributed by atoms with E-state index in [0.29, 0.717) is 18.5 Å².